The number of rotatable bonds is 3. The van der Waals surface area contributed by atoms with Crippen LogP contribution in [-0.2, 0) is 0 Å². The van der Waals surface area contributed by atoms with E-state index in [0.29, 0.717) is 6.42 Å². The maximum atomic E-state index is 11.8. The Hall–Kier alpha value is -1.41. The van der Waals surface area contributed by atoms with Crippen molar-refractivity contribution in [1.29, 1.82) is 0 Å². The normalized spacial score (nSPS) is 10.2. The van der Waals surface area contributed by atoms with Crippen molar-refractivity contribution in [3.05, 3.63) is 58.6 Å². The third kappa shape index (κ3) is 2.47. The van der Waals surface area contributed by atoms with Crippen molar-refractivity contribution in [2.75, 3.05) is 0 Å². The van der Waals surface area contributed by atoms with Gasteiger partial charge in [-0.05, 0) is 27.1 Å². The van der Waals surface area contributed by atoms with Gasteiger partial charge in [0.15, 0.2) is 5.78 Å². The van der Waals surface area contributed by atoms with Crippen molar-refractivity contribution in [2.24, 2.45) is 0 Å². The molecule has 0 unspecified atom stereocenters. The van der Waals surface area contributed by atoms with E-state index >= 15 is 0 Å². The second kappa shape index (κ2) is 5.28. The van der Waals surface area contributed by atoms with Crippen molar-refractivity contribution >= 4 is 21.7 Å². The molecule has 2 rings (SSSR count). The van der Waals surface area contributed by atoms with Crippen molar-refractivity contribution in [1.82, 2.24) is 0 Å². The number of benzene rings is 2. The zero-order valence-corrected chi connectivity index (χ0v) is 11.2. The average molecular weight is 289 g/mol. The van der Waals surface area contributed by atoms with Crippen molar-refractivity contribution in [3.63, 3.8) is 0 Å². The molecule has 86 valence electrons. The van der Waals surface area contributed by atoms with Crippen LogP contribution in [0.15, 0.2) is 53.0 Å². The highest BCUT2D eigenvalue weighted by atomic mass is 79.9. The minimum Gasteiger partial charge on any atom is -0.294 e. The topological polar surface area (TPSA) is 17.1 Å². The predicted octanol–water partition coefficient (Wildman–Crippen LogP) is 4.71. The molecule has 0 amide bonds. The Balaban J connectivity index is 2.54. The Bertz CT molecular complexity index is 532. The molecular weight excluding hydrogens is 276 g/mol. The van der Waals surface area contributed by atoms with Crippen LogP contribution in [-0.4, -0.2) is 5.78 Å². The van der Waals surface area contributed by atoms with E-state index in [1.54, 1.807) is 0 Å². The van der Waals surface area contributed by atoms with Crippen LogP contribution in [0.1, 0.15) is 23.7 Å². The van der Waals surface area contributed by atoms with Crippen LogP contribution in [0.4, 0.5) is 0 Å². The lowest BCUT2D eigenvalue weighted by Crippen LogP contribution is -1.98. The summed E-state index contributed by atoms with van der Waals surface area (Å²) in [6.45, 7) is 1.88. The molecule has 0 N–H and O–H groups in total. The standard InChI is InChI=1S/C15H13BrO/c1-2-14(17)13-10-6-9-12(15(13)16)11-7-4-3-5-8-11/h3-10H,2H2,1H3. The number of halogens is 1. The Labute approximate surface area is 110 Å². The highest BCUT2D eigenvalue weighted by Gasteiger charge is 2.11. The highest BCUT2D eigenvalue weighted by molar-refractivity contribution is 9.10. The fourth-order valence-electron chi connectivity index (χ4n) is 1.78. The molecule has 0 radical (unpaired) electrons. The van der Waals surface area contributed by atoms with Crippen molar-refractivity contribution in [2.45, 2.75) is 13.3 Å². The molecule has 0 fully saturated rings. The Kier molecular flexibility index (Phi) is 3.75. The molecular formula is C15H13BrO. The third-order valence-corrected chi connectivity index (χ3v) is 3.56. The second-order valence-corrected chi connectivity index (χ2v) is 4.60. The van der Waals surface area contributed by atoms with Crippen LogP contribution in [0.2, 0.25) is 0 Å². The Morgan fingerprint density at radius 1 is 1.06 bits per heavy atom. The zero-order valence-electron chi connectivity index (χ0n) is 9.61. The van der Waals surface area contributed by atoms with E-state index in [0.717, 1.165) is 21.2 Å². The molecule has 0 aliphatic rings. The Morgan fingerprint density at radius 3 is 2.41 bits per heavy atom. The first-order valence-corrected chi connectivity index (χ1v) is 6.40. The summed E-state index contributed by atoms with van der Waals surface area (Å²) in [4.78, 5) is 11.8. The molecule has 0 aliphatic carbocycles. The van der Waals surface area contributed by atoms with Gasteiger partial charge in [0.25, 0.3) is 0 Å². The molecule has 0 aliphatic heterocycles. The summed E-state index contributed by atoms with van der Waals surface area (Å²) < 4.78 is 0.887. The fraction of sp³-hybridized carbons (Fsp3) is 0.133. The first-order valence-electron chi connectivity index (χ1n) is 5.61. The molecule has 0 spiro atoms. The van der Waals surface area contributed by atoms with Gasteiger partial charge in [-0.15, -0.1) is 0 Å². The van der Waals surface area contributed by atoms with Crippen LogP contribution in [0, 0.1) is 0 Å². The van der Waals surface area contributed by atoms with Gasteiger partial charge in [0.2, 0.25) is 0 Å². The quantitative estimate of drug-likeness (QED) is 0.748. The van der Waals surface area contributed by atoms with E-state index in [1.807, 2.05) is 55.5 Å². The second-order valence-electron chi connectivity index (χ2n) is 3.81. The largest absolute Gasteiger partial charge is 0.294 e. The first-order chi connectivity index (χ1) is 8.24. The number of ketones is 1. The molecule has 0 heterocycles. The van der Waals surface area contributed by atoms with Crippen molar-refractivity contribution < 1.29 is 4.79 Å². The lowest BCUT2D eigenvalue weighted by molar-refractivity contribution is 0.0987. The molecule has 2 heteroatoms. The maximum Gasteiger partial charge on any atom is 0.163 e. The van der Waals surface area contributed by atoms with E-state index in [-0.39, 0.29) is 5.78 Å². The van der Waals surface area contributed by atoms with E-state index in [4.69, 9.17) is 0 Å². The number of Topliss-reactive ketones (excluding diaryl/α,β-unsaturated/α-hetero) is 1. The third-order valence-electron chi connectivity index (χ3n) is 2.71. The summed E-state index contributed by atoms with van der Waals surface area (Å²) >= 11 is 3.54. The lowest BCUT2D eigenvalue weighted by atomic mass is 10.0. The van der Waals surface area contributed by atoms with E-state index < -0.39 is 0 Å². The molecule has 17 heavy (non-hydrogen) atoms. The molecule has 0 aromatic heterocycles. The number of hydrogen-bond acceptors (Lipinski definition) is 1. The Morgan fingerprint density at radius 2 is 1.76 bits per heavy atom. The molecule has 0 saturated carbocycles. The van der Waals surface area contributed by atoms with E-state index in [9.17, 15) is 4.79 Å². The van der Waals surface area contributed by atoms with Gasteiger partial charge >= 0.3 is 0 Å². The lowest BCUT2D eigenvalue weighted by Gasteiger charge is -2.08. The van der Waals surface area contributed by atoms with Crippen LogP contribution in [0.3, 0.4) is 0 Å². The zero-order chi connectivity index (χ0) is 12.3. The summed E-state index contributed by atoms with van der Waals surface area (Å²) in [6.07, 6.45) is 0.525. The molecule has 1 nitrogen and oxygen atoms in total. The predicted molar refractivity (Wildman–Crippen MR) is 74.2 cm³/mol. The number of carbonyl (C=O) groups excluding carboxylic acids is 1. The van der Waals surface area contributed by atoms with Crippen LogP contribution in [0.25, 0.3) is 11.1 Å². The van der Waals surface area contributed by atoms with Gasteiger partial charge in [-0.25, -0.2) is 0 Å². The van der Waals surface area contributed by atoms with E-state index in [2.05, 4.69) is 15.9 Å². The van der Waals surface area contributed by atoms with Gasteiger partial charge in [-0.2, -0.15) is 0 Å². The monoisotopic (exact) mass is 288 g/mol. The van der Waals surface area contributed by atoms with Gasteiger partial charge < -0.3 is 0 Å². The van der Waals surface area contributed by atoms with Crippen LogP contribution < -0.4 is 0 Å². The maximum absolute atomic E-state index is 11.8. The molecule has 0 saturated heterocycles. The SMILES string of the molecule is CCC(=O)c1cccc(-c2ccccc2)c1Br. The van der Waals surface area contributed by atoms with Gasteiger partial charge in [-0.3, -0.25) is 4.79 Å². The summed E-state index contributed by atoms with van der Waals surface area (Å²) in [5, 5.41) is 0. The summed E-state index contributed by atoms with van der Waals surface area (Å²) in [5.74, 6) is 0.162. The average Bonchev–Trinajstić information content (AvgIpc) is 2.39. The smallest absolute Gasteiger partial charge is 0.163 e. The molecule has 2 aromatic carbocycles. The van der Waals surface area contributed by atoms with E-state index in [1.165, 1.54) is 0 Å². The molecule has 0 bridgehead atoms. The van der Waals surface area contributed by atoms with Gasteiger partial charge in [0, 0.05) is 16.5 Å². The van der Waals surface area contributed by atoms with Crippen molar-refractivity contribution in [3.8, 4) is 11.1 Å². The number of hydrogen-bond donors (Lipinski definition) is 0. The minimum atomic E-state index is 0.162. The fourth-order valence-corrected chi connectivity index (χ4v) is 2.49. The molecule has 0 atom stereocenters. The van der Waals surface area contributed by atoms with Gasteiger partial charge in [-0.1, -0.05) is 55.5 Å². The van der Waals surface area contributed by atoms with Gasteiger partial charge in [0.1, 0.15) is 0 Å². The summed E-state index contributed by atoms with van der Waals surface area (Å²) in [7, 11) is 0. The minimum absolute atomic E-state index is 0.162. The highest BCUT2D eigenvalue weighted by Crippen LogP contribution is 2.31. The van der Waals surface area contributed by atoms with Crippen LogP contribution >= 0.6 is 15.9 Å². The summed E-state index contributed by atoms with van der Waals surface area (Å²) in [6, 6.07) is 15.9. The summed E-state index contributed by atoms with van der Waals surface area (Å²) in [5.41, 5.74) is 2.93. The first kappa shape index (κ1) is 12.1. The molecule has 2 aromatic rings. The number of carbonyl (C=O) groups is 1. The van der Waals surface area contributed by atoms with Gasteiger partial charge in [0.05, 0.1) is 0 Å². The van der Waals surface area contributed by atoms with Crippen LogP contribution in [0.5, 0.6) is 0 Å².